The summed E-state index contributed by atoms with van der Waals surface area (Å²) < 4.78 is 33.2. The normalized spacial score (nSPS) is 15.7. The first-order valence-electron chi connectivity index (χ1n) is 11.6. The summed E-state index contributed by atoms with van der Waals surface area (Å²) in [6.45, 7) is 4.74. The third-order valence-corrected chi connectivity index (χ3v) is 7.89. The van der Waals surface area contributed by atoms with Gasteiger partial charge in [0.15, 0.2) is 6.04 Å². The fraction of sp³-hybridized carbons (Fsp3) is 0.417. The van der Waals surface area contributed by atoms with Crippen LogP contribution < -0.4 is 10.1 Å². The molecular weight excluding hydrogens is 468 g/mol. The highest BCUT2D eigenvalue weighted by molar-refractivity contribution is 7.89. The van der Waals surface area contributed by atoms with Crippen LogP contribution in [0.4, 0.5) is 5.69 Å². The van der Waals surface area contributed by atoms with Crippen molar-refractivity contribution in [2.24, 2.45) is 5.92 Å². The second-order valence-corrected chi connectivity index (χ2v) is 10.7. The number of hydrogen-bond donors (Lipinski definition) is 1. The number of piperidine rings is 1. The van der Waals surface area contributed by atoms with E-state index in [2.05, 4.69) is 20.7 Å². The van der Waals surface area contributed by atoms with Crippen LogP contribution in [0.25, 0.3) is 11.4 Å². The lowest BCUT2D eigenvalue weighted by Gasteiger charge is -2.26. The first kappa shape index (κ1) is 24.8. The maximum absolute atomic E-state index is 13.4. The van der Waals surface area contributed by atoms with Gasteiger partial charge in [-0.15, -0.1) is 10.2 Å². The summed E-state index contributed by atoms with van der Waals surface area (Å²) in [4.78, 5) is 14.8. The van der Waals surface area contributed by atoms with E-state index in [0.717, 1.165) is 24.8 Å². The quantitative estimate of drug-likeness (QED) is 0.506. The van der Waals surface area contributed by atoms with Crippen LogP contribution in [0, 0.1) is 5.92 Å². The molecule has 10 nitrogen and oxygen atoms in total. The van der Waals surface area contributed by atoms with Gasteiger partial charge in [0.1, 0.15) is 5.75 Å². The number of anilines is 1. The van der Waals surface area contributed by atoms with Gasteiger partial charge < -0.3 is 10.1 Å². The largest absolute Gasteiger partial charge is 0.495 e. The second-order valence-electron chi connectivity index (χ2n) is 8.80. The molecule has 1 unspecified atom stereocenters. The van der Waals surface area contributed by atoms with Crippen LogP contribution in [0.15, 0.2) is 53.4 Å². The fourth-order valence-electron chi connectivity index (χ4n) is 4.13. The Hall–Kier alpha value is -3.31. The minimum absolute atomic E-state index is 0.113. The Morgan fingerprint density at radius 3 is 2.43 bits per heavy atom. The highest BCUT2D eigenvalue weighted by Gasteiger charge is 2.30. The van der Waals surface area contributed by atoms with Crippen LogP contribution in [-0.2, 0) is 14.8 Å². The Labute approximate surface area is 205 Å². The Bertz CT molecular complexity index is 1270. The number of carbonyl (C=O) groups is 1. The molecule has 2 aromatic carbocycles. The van der Waals surface area contributed by atoms with Crippen LogP contribution in [-0.4, -0.2) is 59.0 Å². The maximum atomic E-state index is 13.4. The SMILES string of the molecule is COc1ccc(S(=O)(=O)N2CCCCC2)cc1NC(=O)C(C(C)C)n1nnc(-c2ccccc2)n1. The van der Waals surface area contributed by atoms with E-state index in [9.17, 15) is 13.2 Å². The second kappa shape index (κ2) is 10.5. The number of methoxy groups -OCH3 is 1. The van der Waals surface area contributed by atoms with E-state index in [0.29, 0.717) is 24.7 Å². The number of amides is 1. The number of carbonyl (C=O) groups excluding carboxylic acids is 1. The Kier molecular flexibility index (Phi) is 7.46. The average molecular weight is 499 g/mol. The summed E-state index contributed by atoms with van der Waals surface area (Å²) in [5.74, 6) is 0.202. The van der Waals surface area contributed by atoms with Gasteiger partial charge in [-0.3, -0.25) is 4.79 Å². The van der Waals surface area contributed by atoms with Crippen molar-refractivity contribution in [2.75, 3.05) is 25.5 Å². The number of nitrogens with one attached hydrogen (secondary N) is 1. The molecule has 4 rings (SSSR count). The predicted molar refractivity (Wildman–Crippen MR) is 131 cm³/mol. The lowest BCUT2D eigenvalue weighted by atomic mass is 10.0. The van der Waals surface area contributed by atoms with Crippen LogP contribution in [0.5, 0.6) is 5.75 Å². The summed E-state index contributed by atoms with van der Waals surface area (Å²) in [6, 6.07) is 13.1. The third kappa shape index (κ3) is 5.35. The average Bonchev–Trinajstić information content (AvgIpc) is 3.34. The number of aromatic nitrogens is 4. The van der Waals surface area contributed by atoms with Gasteiger partial charge in [0, 0.05) is 18.7 Å². The third-order valence-electron chi connectivity index (χ3n) is 5.99. The zero-order valence-corrected chi connectivity index (χ0v) is 20.9. The van der Waals surface area contributed by atoms with Crippen LogP contribution >= 0.6 is 0 Å². The maximum Gasteiger partial charge on any atom is 0.251 e. The molecule has 1 amide bonds. The van der Waals surface area contributed by atoms with Gasteiger partial charge >= 0.3 is 0 Å². The molecule has 1 aliphatic heterocycles. The van der Waals surface area contributed by atoms with E-state index < -0.39 is 22.0 Å². The highest BCUT2D eigenvalue weighted by atomic mass is 32.2. The molecule has 1 aliphatic rings. The Morgan fingerprint density at radius 2 is 1.77 bits per heavy atom. The van der Waals surface area contributed by atoms with Crippen molar-refractivity contribution in [3.05, 3.63) is 48.5 Å². The van der Waals surface area contributed by atoms with Crippen LogP contribution in [0.1, 0.15) is 39.2 Å². The van der Waals surface area contributed by atoms with Crippen molar-refractivity contribution in [1.29, 1.82) is 0 Å². The van der Waals surface area contributed by atoms with Crippen LogP contribution in [0.2, 0.25) is 0 Å². The highest BCUT2D eigenvalue weighted by Crippen LogP contribution is 2.31. The van der Waals surface area contributed by atoms with Crippen molar-refractivity contribution in [2.45, 2.75) is 44.0 Å². The number of ether oxygens (including phenoxy) is 1. The smallest absolute Gasteiger partial charge is 0.251 e. The molecule has 0 radical (unpaired) electrons. The first-order chi connectivity index (χ1) is 16.8. The van der Waals surface area contributed by atoms with E-state index in [4.69, 9.17) is 4.74 Å². The minimum atomic E-state index is -3.67. The van der Waals surface area contributed by atoms with Gasteiger partial charge in [-0.1, -0.05) is 50.6 Å². The summed E-state index contributed by atoms with van der Waals surface area (Å²) in [6.07, 6.45) is 2.70. The van der Waals surface area contributed by atoms with Crippen molar-refractivity contribution >= 4 is 21.6 Å². The fourth-order valence-corrected chi connectivity index (χ4v) is 5.67. The molecule has 2 heterocycles. The van der Waals surface area contributed by atoms with Gasteiger partial charge in [0.05, 0.1) is 17.7 Å². The van der Waals surface area contributed by atoms with E-state index in [1.807, 2.05) is 44.2 Å². The molecule has 1 fully saturated rings. The minimum Gasteiger partial charge on any atom is -0.495 e. The zero-order chi connectivity index (χ0) is 25.0. The monoisotopic (exact) mass is 498 g/mol. The molecule has 1 saturated heterocycles. The number of hydrogen-bond acceptors (Lipinski definition) is 7. The van der Waals surface area contributed by atoms with Gasteiger partial charge in [0.25, 0.3) is 5.91 Å². The van der Waals surface area contributed by atoms with Gasteiger partial charge in [-0.25, -0.2) is 8.42 Å². The van der Waals surface area contributed by atoms with Crippen molar-refractivity contribution in [3.63, 3.8) is 0 Å². The standard InChI is InChI=1S/C24H30N6O4S/c1-17(2)22(30-27-23(26-28-30)18-10-6-4-7-11-18)24(31)25-20-16-19(12-13-21(20)34-3)35(32,33)29-14-8-5-9-15-29/h4,6-7,10-13,16-17,22H,5,8-9,14-15H2,1-3H3,(H,25,31). The molecule has 0 aliphatic carbocycles. The van der Waals surface area contributed by atoms with E-state index in [1.165, 1.54) is 28.3 Å². The molecule has 3 aromatic rings. The molecule has 35 heavy (non-hydrogen) atoms. The number of sulfonamides is 1. The van der Waals surface area contributed by atoms with Gasteiger partial charge in [-0.05, 0) is 42.2 Å². The van der Waals surface area contributed by atoms with E-state index in [-0.39, 0.29) is 16.5 Å². The zero-order valence-electron chi connectivity index (χ0n) is 20.1. The molecule has 1 atom stereocenters. The molecule has 0 saturated carbocycles. The van der Waals surface area contributed by atoms with E-state index >= 15 is 0 Å². The summed E-state index contributed by atoms with van der Waals surface area (Å²) >= 11 is 0. The molecule has 1 N–H and O–H groups in total. The first-order valence-corrected chi connectivity index (χ1v) is 13.1. The summed E-state index contributed by atoms with van der Waals surface area (Å²) in [7, 11) is -2.21. The Balaban J connectivity index is 1.61. The topological polar surface area (TPSA) is 119 Å². The lowest BCUT2D eigenvalue weighted by Crippen LogP contribution is -2.35. The van der Waals surface area contributed by atoms with Crippen molar-refractivity contribution in [1.82, 2.24) is 24.5 Å². The summed E-state index contributed by atoms with van der Waals surface area (Å²) in [5, 5.41) is 15.5. The van der Waals surface area contributed by atoms with Crippen molar-refractivity contribution < 1.29 is 17.9 Å². The number of nitrogens with zero attached hydrogens (tertiary/aromatic N) is 5. The Morgan fingerprint density at radius 1 is 1.06 bits per heavy atom. The number of benzene rings is 2. The number of rotatable bonds is 8. The van der Waals surface area contributed by atoms with Gasteiger partial charge in [0.2, 0.25) is 15.8 Å². The molecule has 1 aromatic heterocycles. The summed E-state index contributed by atoms with van der Waals surface area (Å²) in [5.41, 5.74) is 1.06. The lowest BCUT2D eigenvalue weighted by molar-refractivity contribution is -0.121. The molecule has 0 bridgehead atoms. The molecule has 0 spiro atoms. The molecular formula is C24H30N6O4S. The van der Waals surface area contributed by atoms with Crippen molar-refractivity contribution in [3.8, 4) is 17.1 Å². The van der Waals surface area contributed by atoms with Crippen LogP contribution in [0.3, 0.4) is 0 Å². The molecule has 186 valence electrons. The predicted octanol–water partition coefficient (Wildman–Crippen LogP) is 3.36. The van der Waals surface area contributed by atoms with E-state index in [1.54, 1.807) is 6.07 Å². The molecule has 11 heteroatoms. The number of tetrazole rings is 1. The van der Waals surface area contributed by atoms with Gasteiger partial charge in [-0.2, -0.15) is 9.10 Å².